The van der Waals surface area contributed by atoms with Crippen LogP contribution in [0.3, 0.4) is 0 Å². The fourth-order valence-corrected chi connectivity index (χ4v) is 4.69. The molecule has 2 aromatic heterocycles. The Balaban J connectivity index is 1.42. The smallest absolute Gasteiger partial charge is 0.214 e. The van der Waals surface area contributed by atoms with Crippen LogP contribution in [0.2, 0.25) is 0 Å². The molecule has 1 unspecified atom stereocenters. The number of carbonyl (C=O) groups is 1. The van der Waals surface area contributed by atoms with Crippen molar-refractivity contribution in [3.8, 4) is 17.2 Å². The molecular weight excluding hydrogens is 512 g/mol. The third-order valence-electron chi connectivity index (χ3n) is 6.06. The summed E-state index contributed by atoms with van der Waals surface area (Å²) in [4.78, 5) is 16.4. The number of hydrogen-bond acceptors (Lipinski definition) is 6. The van der Waals surface area contributed by atoms with Crippen molar-refractivity contribution < 1.29 is 22.9 Å². The standard InChI is InChI=1S/C27H23F2N5O3S/c1-14-10-21-16(11-20(14)33-38(3)36)12-22(32-21)26(35)18-13-31-34(27(18)30)23-8-7-17(9-15(23)2)37-24-6-4-5-19(28)25(24)29/h4-13,32-33H,30H2,1-3H3. The van der Waals surface area contributed by atoms with Crippen molar-refractivity contribution >= 4 is 39.6 Å². The number of aryl methyl sites for hydroxylation is 2. The second-order valence-corrected chi connectivity index (χ2v) is 9.89. The molecule has 5 rings (SSSR count). The van der Waals surface area contributed by atoms with Gasteiger partial charge in [0.25, 0.3) is 0 Å². The molecular formula is C27H23F2N5O3S. The summed E-state index contributed by atoms with van der Waals surface area (Å²) in [6, 6.07) is 14.0. The van der Waals surface area contributed by atoms with Crippen LogP contribution < -0.4 is 15.2 Å². The van der Waals surface area contributed by atoms with E-state index < -0.39 is 23.0 Å². The Morgan fingerprint density at radius 3 is 2.66 bits per heavy atom. The summed E-state index contributed by atoms with van der Waals surface area (Å²) in [7, 11) is 0. The van der Waals surface area contributed by atoms with Crippen molar-refractivity contribution in [1.82, 2.24) is 14.8 Å². The van der Waals surface area contributed by atoms with Gasteiger partial charge in [0.15, 0.2) is 11.6 Å². The summed E-state index contributed by atoms with van der Waals surface area (Å²) in [6.07, 6.45) is 2.94. The molecule has 11 heteroatoms. The average molecular weight is 536 g/mol. The van der Waals surface area contributed by atoms with E-state index in [1.165, 1.54) is 23.0 Å². The molecule has 4 N–H and O–H groups in total. The molecule has 0 spiro atoms. The topological polar surface area (TPSA) is 121 Å². The number of hydrogen-bond donors (Lipinski definition) is 3. The summed E-state index contributed by atoms with van der Waals surface area (Å²) in [5.74, 6) is -2.21. The van der Waals surface area contributed by atoms with Crippen LogP contribution in [0.1, 0.15) is 27.2 Å². The molecule has 0 aliphatic heterocycles. The van der Waals surface area contributed by atoms with Crippen LogP contribution >= 0.6 is 0 Å². The van der Waals surface area contributed by atoms with Gasteiger partial charge in [-0.3, -0.25) is 4.79 Å². The highest BCUT2D eigenvalue weighted by atomic mass is 32.2. The van der Waals surface area contributed by atoms with E-state index in [9.17, 15) is 18.1 Å². The van der Waals surface area contributed by atoms with Crippen molar-refractivity contribution in [1.29, 1.82) is 0 Å². The first-order chi connectivity index (χ1) is 18.1. The van der Waals surface area contributed by atoms with E-state index in [4.69, 9.17) is 10.5 Å². The molecule has 8 nitrogen and oxygen atoms in total. The molecule has 38 heavy (non-hydrogen) atoms. The average Bonchev–Trinajstić information content (AvgIpc) is 3.45. The maximum absolute atomic E-state index is 14.0. The Labute approximate surface area is 219 Å². The number of ether oxygens (including phenoxy) is 1. The van der Waals surface area contributed by atoms with Gasteiger partial charge in [0.2, 0.25) is 11.6 Å². The lowest BCUT2D eigenvalue weighted by Gasteiger charge is -2.12. The summed E-state index contributed by atoms with van der Waals surface area (Å²) < 4.78 is 48.9. The first-order valence-corrected chi connectivity index (χ1v) is 13.0. The maximum Gasteiger partial charge on any atom is 0.214 e. The Morgan fingerprint density at radius 1 is 1.13 bits per heavy atom. The molecule has 0 saturated heterocycles. The van der Waals surface area contributed by atoms with E-state index in [1.807, 2.05) is 19.1 Å². The van der Waals surface area contributed by atoms with Gasteiger partial charge in [-0.25, -0.2) is 13.8 Å². The van der Waals surface area contributed by atoms with Gasteiger partial charge < -0.3 is 20.0 Å². The Hall–Kier alpha value is -4.35. The summed E-state index contributed by atoms with van der Waals surface area (Å²) in [5.41, 5.74) is 10.5. The third kappa shape index (κ3) is 4.69. The molecule has 1 atom stereocenters. The number of nitrogens with two attached hydrogens (primary N) is 1. The number of carbonyl (C=O) groups excluding carboxylic acids is 1. The number of nitrogen functional groups attached to an aromatic ring is 1. The van der Waals surface area contributed by atoms with Crippen LogP contribution in [0.4, 0.5) is 20.3 Å². The Bertz CT molecular complexity index is 1700. The number of ketones is 1. The number of benzene rings is 3. The van der Waals surface area contributed by atoms with Crippen LogP contribution in [0.5, 0.6) is 11.5 Å². The number of nitrogens with one attached hydrogen (secondary N) is 2. The monoisotopic (exact) mass is 535 g/mol. The minimum atomic E-state index is -1.23. The highest BCUT2D eigenvalue weighted by Gasteiger charge is 2.21. The summed E-state index contributed by atoms with van der Waals surface area (Å²) in [6.45, 7) is 3.66. The number of anilines is 2. The fourth-order valence-electron chi connectivity index (χ4n) is 4.16. The van der Waals surface area contributed by atoms with Crippen molar-refractivity contribution in [2.45, 2.75) is 13.8 Å². The number of fused-ring (bicyclic) bond motifs is 1. The molecule has 194 valence electrons. The predicted octanol–water partition coefficient (Wildman–Crippen LogP) is 5.56. The molecule has 0 radical (unpaired) electrons. The lowest BCUT2D eigenvalue weighted by Crippen LogP contribution is -2.10. The predicted molar refractivity (Wildman–Crippen MR) is 143 cm³/mol. The van der Waals surface area contributed by atoms with Gasteiger partial charge in [0, 0.05) is 10.9 Å². The van der Waals surface area contributed by atoms with Gasteiger partial charge in [-0.2, -0.15) is 9.49 Å². The number of aromatic nitrogens is 3. The number of nitrogens with zero attached hydrogens (tertiary/aromatic N) is 2. The molecule has 0 amide bonds. The number of rotatable bonds is 7. The molecule has 0 aliphatic rings. The van der Waals surface area contributed by atoms with E-state index in [-0.39, 0.29) is 22.9 Å². The lowest BCUT2D eigenvalue weighted by molar-refractivity contribution is 0.103. The van der Waals surface area contributed by atoms with E-state index >= 15 is 0 Å². The second kappa shape index (κ2) is 9.84. The summed E-state index contributed by atoms with van der Waals surface area (Å²) in [5, 5.41) is 5.09. The highest BCUT2D eigenvalue weighted by Crippen LogP contribution is 2.31. The van der Waals surface area contributed by atoms with E-state index in [0.717, 1.165) is 22.5 Å². The largest absolute Gasteiger partial charge is 0.593 e. The van der Waals surface area contributed by atoms with Gasteiger partial charge in [0.1, 0.15) is 17.8 Å². The molecule has 5 aromatic rings. The zero-order valence-corrected chi connectivity index (χ0v) is 21.5. The van der Waals surface area contributed by atoms with E-state index in [2.05, 4.69) is 14.8 Å². The number of halogens is 2. The van der Waals surface area contributed by atoms with Crippen molar-refractivity contribution in [3.05, 3.63) is 94.8 Å². The zero-order chi connectivity index (χ0) is 27.1. The highest BCUT2D eigenvalue weighted by molar-refractivity contribution is 7.92. The van der Waals surface area contributed by atoms with Gasteiger partial charge in [0.05, 0.1) is 40.2 Å². The van der Waals surface area contributed by atoms with Crippen LogP contribution in [0, 0.1) is 25.5 Å². The molecule has 2 heterocycles. The van der Waals surface area contributed by atoms with Gasteiger partial charge >= 0.3 is 0 Å². The number of H-pyrrole nitrogens is 1. The van der Waals surface area contributed by atoms with Crippen LogP contribution in [-0.4, -0.2) is 31.4 Å². The maximum atomic E-state index is 14.0. The number of aromatic amines is 1. The van der Waals surface area contributed by atoms with Gasteiger partial charge in [-0.05, 0) is 73.5 Å². The quantitative estimate of drug-likeness (QED) is 0.185. The third-order valence-corrected chi connectivity index (χ3v) is 6.56. The summed E-state index contributed by atoms with van der Waals surface area (Å²) >= 11 is -1.23. The Morgan fingerprint density at radius 2 is 1.92 bits per heavy atom. The fraction of sp³-hybridized carbons (Fsp3) is 0.111. The lowest BCUT2D eigenvalue weighted by atomic mass is 10.1. The zero-order valence-electron chi connectivity index (χ0n) is 20.6. The van der Waals surface area contributed by atoms with Crippen LogP contribution in [-0.2, 0) is 11.4 Å². The first-order valence-electron chi connectivity index (χ1n) is 11.5. The van der Waals surface area contributed by atoms with Crippen LogP contribution in [0.15, 0.2) is 60.8 Å². The normalized spacial score (nSPS) is 12.1. The minimum Gasteiger partial charge on any atom is -0.593 e. The van der Waals surface area contributed by atoms with Crippen LogP contribution in [0.25, 0.3) is 16.6 Å². The SMILES string of the molecule is Cc1cc2[nH]c(C(=O)c3cnn(-c4ccc(Oc5cccc(F)c5F)cc4C)c3N)cc2cc1N[S+](C)[O-]. The Kier molecular flexibility index (Phi) is 6.55. The molecule has 0 bridgehead atoms. The van der Waals surface area contributed by atoms with Crippen molar-refractivity contribution in [2.24, 2.45) is 0 Å². The molecule has 0 aliphatic carbocycles. The van der Waals surface area contributed by atoms with Gasteiger partial charge in [-0.1, -0.05) is 6.07 Å². The second-order valence-electron chi connectivity index (χ2n) is 8.78. The minimum absolute atomic E-state index is 0.140. The van der Waals surface area contributed by atoms with E-state index in [0.29, 0.717) is 28.4 Å². The first kappa shape index (κ1) is 25.3. The molecule has 0 fully saturated rings. The molecule has 3 aromatic carbocycles. The van der Waals surface area contributed by atoms with E-state index in [1.54, 1.807) is 37.4 Å². The van der Waals surface area contributed by atoms with Crippen molar-refractivity contribution in [2.75, 3.05) is 16.7 Å². The van der Waals surface area contributed by atoms with Gasteiger partial charge in [-0.15, -0.1) is 0 Å². The van der Waals surface area contributed by atoms with Crippen molar-refractivity contribution in [3.63, 3.8) is 0 Å². The molecule has 0 saturated carbocycles.